The van der Waals surface area contributed by atoms with Crippen molar-refractivity contribution in [3.63, 3.8) is 0 Å². The number of unbranched alkanes of at least 4 members (excludes halogenated alkanes) is 25. The standard InChI is InChI=1S/C42H81O13P/c1-3-5-7-9-11-13-15-17-19-20-22-24-26-28-30-35(43)52-32-34(33-53-56(50,51)55-42-40(48)38(46)37(45)39(47)41(42)49)54-36(44)31-29-27-25-23-21-18-16-14-12-10-8-6-4-2/h34,37-42,45-49H,3-33H2,1-2H3,(H,50,51)/t34-,37?,38-,39?,40?,41?,42?/m0/s1. The first-order valence-electron chi connectivity index (χ1n) is 22.3. The zero-order valence-corrected chi connectivity index (χ0v) is 35.8. The molecule has 0 saturated heterocycles. The van der Waals surface area contributed by atoms with E-state index < -0.39 is 75.7 Å². The van der Waals surface area contributed by atoms with Crippen LogP contribution >= 0.6 is 7.82 Å². The number of aliphatic hydroxyl groups excluding tert-OH is 5. The van der Waals surface area contributed by atoms with E-state index in [1.54, 1.807) is 0 Å². The lowest BCUT2D eigenvalue weighted by molar-refractivity contribution is -0.220. The topological polar surface area (TPSA) is 210 Å². The second-order valence-electron chi connectivity index (χ2n) is 15.9. The Morgan fingerprint density at radius 2 is 0.804 bits per heavy atom. The van der Waals surface area contributed by atoms with Crippen LogP contribution in [0, 0.1) is 0 Å². The Kier molecular flexibility index (Phi) is 31.8. The van der Waals surface area contributed by atoms with Crippen molar-refractivity contribution < 1.29 is 63.1 Å². The van der Waals surface area contributed by atoms with E-state index in [2.05, 4.69) is 13.8 Å². The first-order valence-corrected chi connectivity index (χ1v) is 23.8. The molecule has 0 aromatic carbocycles. The largest absolute Gasteiger partial charge is 0.472 e. The van der Waals surface area contributed by atoms with Crippen LogP contribution in [0.3, 0.4) is 0 Å². The highest BCUT2D eigenvalue weighted by Gasteiger charge is 2.51. The van der Waals surface area contributed by atoms with E-state index in [0.717, 1.165) is 38.5 Å². The number of ether oxygens (including phenoxy) is 2. The minimum atomic E-state index is -5.11. The fourth-order valence-electron chi connectivity index (χ4n) is 7.05. The molecule has 0 amide bonds. The third-order valence-corrected chi connectivity index (χ3v) is 11.7. The molecule has 1 aliphatic rings. The Labute approximate surface area is 338 Å². The van der Waals surface area contributed by atoms with Crippen LogP contribution < -0.4 is 0 Å². The molecule has 14 heteroatoms. The van der Waals surface area contributed by atoms with E-state index in [-0.39, 0.29) is 12.8 Å². The predicted molar refractivity (Wildman–Crippen MR) is 217 cm³/mol. The fourth-order valence-corrected chi connectivity index (χ4v) is 8.03. The number of carbonyl (C=O) groups excluding carboxylic acids is 2. The van der Waals surface area contributed by atoms with Crippen molar-refractivity contribution in [2.45, 2.75) is 243 Å². The molecule has 0 spiro atoms. The molecule has 0 aromatic heterocycles. The van der Waals surface area contributed by atoms with Crippen LogP contribution in [-0.4, -0.2) is 98.3 Å². The highest BCUT2D eigenvalue weighted by atomic mass is 31.2. The lowest BCUT2D eigenvalue weighted by Gasteiger charge is -2.41. The Morgan fingerprint density at radius 3 is 1.18 bits per heavy atom. The maximum absolute atomic E-state index is 12.8. The predicted octanol–water partition coefficient (Wildman–Crippen LogP) is 8.11. The minimum Gasteiger partial charge on any atom is -0.462 e. The van der Waals surface area contributed by atoms with Crippen molar-refractivity contribution >= 4 is 19.8 Å². The van der Waals surface area contributed by atoms with Gasteiger partial charge in [0.05, 0.1) is 6.61 Å². The molecule has 8 atom stereocenters. The van der Waals surface area contributed by atoms with E-state index in [4.69, 9.17) is 18.5 Å². The van der Waals surface area contributed by atoms with Crippen molar-refractivity contribution in [2.75, 3.05) is 13.2 Å². The maximum Gasteiger partial charge on any atom is 0.472 e. The molecule has 1 fully saturated rings. The van der Waals surface area contributed by atoms with Crippen LogP contribution in [0.5, 0.6) is 0 Å². The summed E-state index contributed by atoms with van der Waals surface area (Å²) >= 11 is 0. The van der Waals surface area contributed by atoms with E-state index in [9.17, 15) is 44.6 Å². The monoisotopic (exact) mass is 825 g/mol. The normalized spacial score (nSPS) is 22.8. The quantitative estimate of drug-likeness (QED) is 0.0199. The summed E-state index contributed by atoms with van der Waals surface area (Å²) in [6, 6.07) is 0. The van der Waals surface area contributed by atoms with Gasteiger partial charge in [-0.2, -0.15) is 0 Å². The van der Waals surface area contributed by atoms with Gasteiger partial charge in [0.25, 0.3) is 0 Å². The number of hydrogen-bond donors (Lipinski definition) is 6. The van der Waals surface area contributed by atoms with Gasteiger partial charge in [0.2, 0.25) is 0 Å². The molecule has 6 N–H and O–H groups in total. The number of esters is 2. The number of hydrogen-bond acceptors (Lipinski definition) is 12. The Morgan fingerprint density at radius 1 is 0.482 bits per heavy atom. The van der Waals surface area contributed by atoms with Gasteiger partial charge in [0, 0.05) is 12.8 Å². The summed E-state index contributed by atoms with van der Waals surface area (Å²) in [7, 11) is -5.11. The molecular weight excluding hydrogens is 743 g/mol. The molecule has 0 radical (unpaired) electrons. The summed E-state index contributed by atoms with van der Waals surface area (Å²) < 4.78 is 33.5. The number of carbonyl (C=O) groups is 2. The van der Waals surface area contributed by atoms with Gasteiger partial charge in [-0.25, -0.2) is 4.57 Å². The van der Waals surface area contributed by atoms with Crippen LogP contribution in [-0.2, 0) is 32.7 Å². The third kappa shape index (κ3) is 26.1. The zero-order valence-electron chi connectivity index (χ0n) is 34.9. The van der Waals surface area contributed by atoms with Gasteiger partial charge in [0.1, 0.15) is 43.2 Å². The average molecular weight is 825 g/mol. The Hall–Kier alpha value is -1.15. The number of phosphoric acid groups is 1. The molecule has 0 aliphatic heterocycles. The van der Waals surface area contributed by atoms with Crippen molar-refractivity contribution in [3.8, 4) is 0 Å². The second kappa shape index (κ2) is 33.7. The first kappa shape index (κ1) is 52.9. The third-order valence-electron chi connectivity index (χ3n) is 10.7. The smallest absolute Gasteiger partial charge is 0.462 e. The first-order chi connectivity index (χ1) is 26.9. The van der Waals surface area contributed by atoms with E-state index in [1.807, 2.05) is 0 Å². The SMILES string of the molecule is CCCCCCCCCCCCCCCCC(=O)OC[C@@H](COP(=O)(O)OC1C(O)C(O)C(O)[C@H](O)C1O)OC(=O)CCCCCCCCCCCCCCC. The highest BCUT2D eigenvalue weighted by molar-refractivity contribution is 7.47. The van der Waals surface area contributed by atoms with Gasteiger partial charge in [-0.3, -0.25) is 18.6 Å². The molecule has 56 heavy (non-hydrogen) atoms. The summed E-state index contributed by atoms with van der Waals surface area (Å²) in [6.07, 6.45) is 18.7. The van der Waals surface area contributed by atoms with Crippen LogP contribution in [0.15, 0.2) is 0 Å². The van der Waals surface area contributed by atoms with Crippen molar-refractivity contribution in [3.05, 3.63) is 0 Å². The summed E-state index contributed by atoms with van der Waals surface area (Å²) in [4.78, 5) is 35.6. The molecule has 1 aliphatic carbocycles. The van der Waals surface area contributed by atoms with E-state index in [0.29, 0.717) is 12.8 Å². The number of aliphatic hydroxyl groups is 5. The number of rotatable bonds is 37. The lowest BCUT2D eigenvalue weighted by Crippen LogP contribution is -2.64. The van der Waals surface area contributed by atoms with Crippen LogP contribution in [0.4, 0.5) is 0 Å². The summed E-state index contributed by atoms with van der Waals surface area (Å²) in [5.74, 6) is -1.09. The lowest BCUT2D eigenvalue weighted by atomic mass is 9.85. The van der Waals surface area contributed by atoms with Gasteiger partial charge in [-0.15, -0.1) is 0 Å². The summed E-state index contributed by atoms with van der Waals surface area (Å²) in [5.41, 5.74) is 0. The molecule has 0 heterocycles. The molecule has 0 bridgehead atoms. The fraction of sp³-hybridized carbons (Fsp3) is 0.952. The molecule has 0 aromatic rings. The van der Waals surface area contributed by atoms with Crippen LogP contribution in [0.1, 0.15) is 200 Å². The molecule has 1 rings (SSSR count). The summed E-state index contributed by atoms with van der Waals surface area (Å²) in [6.45, 7) is 3.30. The molecule has 1 saturated carbocycles. The molecule has 6 unspecified atom stereocenters. The van der Waals surface area contributed by atoms with Crippen molar-refractivity contribution in [1.82, 2.24) is 0 Å². The van der Waals surface area contributed by atoms with E-state index in [1.165, 1.54) is 122 Å². The second-order valence-corrected chi connectivity index (χ2v) is 17.3. The summed E-state index contributed by atoms with van der Waals surface area (Å²) in [5, 5.41) is 50.0. The molecular formula is C42H81O13P. The Bertz CT molecular complexity index is 1000. The minimum absolute atomic E-state index is 0.104. The molecule has 332 valence electrons. The van der Waals surface area contributed by atoms with Crippen LogP contribution in [0.25, 0.3) is 0 Å². The van der Waals surface area contributed by atoms with Gasteiger partial charge >= 0.3 is 19.8 Å². The van der Waals surface area contributed by atoms with Crippen LogP contribution in [0.2, 0.25) is 0 Å². The van der Waals surface area contributed by atoms with Crippen molar-refractivity contribution in [1.29, 1.82) is 0 Å². The van der Waals surface area contributed by atoms with Gasteiger partial charge in [-0.05, 0) is 12.8 Å². The average Bonchev–Trinajstić information content (AvgIpc) is 3.18. The highest BCUT2D eigenvalue weighted by Crippen LogP contribution is 2.47. The van der Waals surface area contributed by atoms with E-state index >= 15 is 0 Å². The van der Waals surface area contributed by atoms with Gasteiger partial charge in [0.15, 0.2) is 6.10 Å². The Balaban J connectivity index is 2.47. The van der Waals surface area contributed by atoms with Gasteiger partial charge in [-0.1, -0.05) is 174 Å². The molecule has 13 nitrogen and oxygen atoms in total. The van der Waals surface area contributed by atoms with Gasteiger partial charge < -0.3 is 39.9 Å². The van der Waals surface area contributed by atoms with Crippen molar-refractivity contribution in [2.24, 2.45) is 0 Å². The zero-order chi connectivity index (χ0) is 41.4. The maximum atomic E-state index is 12.8. The number of phosphoric ester groups is 1.